The van der Waals surface area contributed by atoms with E-state index in [0.29, 0.717) is 29.2 Å². The van der Waals surface area contributed by atoms with E-state index in [1.807, 2.05) is 6.07 Å². The minimum atomic E-state index is -4.45. The predicted molar refractivity (Wildman–Crippen MR) is 139 cm³/mol. The first kappa shape index (κ1) is 27.5. The Kier molecular flexibility index (Phi) is 7.39. The van der Waals surface area contributed by atoms with E-state index in [-0.39, 0.29) is 31.1 Å². The Bertz CT molecular complexity index is 1240. The van der Waals surface area contributed by atoms with Crippen molar-refractivity contribution in [2.75, 3.05) is 19.8 Å². The first-order valence-electron chi connectivity index (χ1n) is 13.7. The number of piperidine rings is 1. The second kappa shape index (κ2) is 10.5. The number of carboxylic acids is 1. The summed E-state index contributed by atoms with van der Waals surface area (Å²) in [6.07, 6.45) is -0.242. The van der Waals surface area contributed by atoms with E-state index in [9.17, 15) is 27.9 Å². The van der Waals surface area contributed by atoms with Crippen LogP contribution in [0.25, 0.3) is 0 Å². The fraction of sp³-hybridized carbons (Fsp3) is 0.533. The largest absolute Gasteiger partial charge is 0.478 e. The molecule has 1 saturated carbocycles. The first-order chi connectivity index (χ1) is 18.5. The Morgan fingerprint density at radius 3 is 2.49 bits per heavy atom. The van der Waals surface area contributed by atoms with Gasteiger partial charge < -0.3 is 19.6 Å². The van der Waals surface area contributed by atoms with Gasteiger partial charge >= 0.3 is 12.1 Å². The molecule has 2 aromatic carbocycles. The monoisotopic (exact) mass is 544 g/mol. The van der Waals surface area contributed by atoms with E-state index in [1.54, 1.807) is 23.1 Å². The molecule has 2 atom stereocenters. The molecule has 6 nitrogen and oxygen atoms in total. The molecule has 1 N–H and O–H groups in total. The number of rotatable bonds is 5. The molecule has 39 heavy (non-hydrogen) atoms. The number of fused-ring (bicyclic) bond motifs is 1. The normalized spacial score (nSPS) is 24.5. The number of halogens is 3. The minimum absolute atomic E-state index is 0.0385. The molecule has 3 aliphatic rings. The molecule has 2 aromatic rings. The van der Waals surface area contributed by atoms with Crippen molar-refractivity contribution in [3.63, 3.8) is 0 Å². The van der Waals surface area contributed by atoms with Gasteiger partial charge in [0.05, 0.1) is 23.1 Å². The molecule has 5 rings (SSSR count). The Balaban J connectivity index is 1.25. The highest BCUT2D eigenvalue weighted by atomic mass is 19.4. The molecule has 0 bridgehead atoms. The summed E-state index contributed by atoms with van der Waals surface area (Å²) in [6.45, 7) is 6.03. The van der Waals surface area contributed by atoms with E-state index in [0.717, 1.165) is 56.5 Å². The number of amides is 1. The zero-order chi connectivity index (χ0) is 27.9. The van der Waals surface area contributed by atoms with Crippen LogP contribution in [0, 0.1) is 11.3 Å². The molecule has 1 aliphatic carbocycles. The van der Waals surface area contributed by atoms with Crippen LogP contribution in [0.4, 0.5) is 13.2 Å². The number of aromatic carboxylic acids is 1. The Morgan fingerprint density at radius 1 is 1.08 bits per heavy atom. The van der Waals surface area contributed by atoms with Gasteiger partial charge in [0.15, 0.2) is 6.73 Å². The molecule has 0 radical (unpaired) electrons. The maximum absolute atomic E-state index is 14.0. The van der Waals surface area contributed by atoms with E-state index in [2.05, 4.69) is 18.7 Å². The van der Waals surface area contributed by atoms with Crippen LogP contribution in [-0.4, -0.2) is 52.6 Å². The summed E-state index contributed by atoms with van der Waals surface area (Å²) in [5.41, 5.74) is 0.431. The predicted octanol–water partition coefficient (Wildman–Crippen LogP) is 6.16. The van der Waals surface area contributed by atoms with Gasteiger partial charge in [0.25, 0.3) is 0 Å². The van der Waals surface area contributed by atoms with Gasteiger partial charge in [-0.15, -0.1) is 0 Å². The Hall–Kier alpha value is -3.07. The third-order valence-electron chi connectivity index (χ3n) is 9.12. The summed E-state index contributed by atoms with van der Waals surface area (Å²) in [6, 6.07) is 10.9. The number of carboxylic acid groups (broad SMARTS) is 1. The molecule has 1 amide bonds. The third-order valence-corrected chi connectivity index (χ3v) is 9.12. The lowest BCUT2D eigenvalue weighted by molar-refractivity contribution is -0.150. The molecule has 0 unspecified atom stereocenters. The SMILES string of the molecule is CC(C)[C@]1(C(=O)N2COc3ccc(C(F)(F)F)cc3C2)CC[C@H](N2CCC(c3cccc(C(=O)O)c3)CC2)C1. The second-order valence-electron chi connectivity index (χ2n) is 11.5. The van der Waals surface area contributed by atoms with Crippen molar-refractivity contribution in [3.8, 4) is 5.75 Å². The van der Waals surface area contributed by atoms with Gasteiger partial charge in [-0.25, -0.2) is 4.79 Å². The molecule has 0 aromatic heterocycles. The zero-order valence-corrected chi connectivity index (χ0v) is 22.3. The average Bonchev–Trinajstić information content (AvgIpc) is 3.39. The average molecular weight is 545 g/mol. The lowest BCUT2D eigenvalue weighted by atomic mass is 9.74. The quantitative estimate of drug-likeness (QED) is 0.489. The molecule has 210 valence electrons. The van der Waals surface area contributed by atoms with Crippen LogP contribution in [0.5, 0.6) is 5.75 Å². The van der Waals surface area contributed by atoms with E-state index < -0.39 is 23.1 Å². The summed E-state index contributed by atoms with van der Waals surface area (Å²) in [4.78, 5) is 29.4. The van der Waals surface area contributed by atoms with Crippen molar-refractivity contribution < 1.29 is 32.6 Å². The summed E-state index contributed by atoms with van der Waals surface area (Å²) >= 11 is 0. The van der Waals surface area contributed by atoms with E-state index in [4.69, 9.17) is 4.74 Å². The lowest BCUT2D eigenvalue weighted by Crippen LogP contribution is -2.49. The molecule has 1 saturated heterocycles. The van der Waals surface area contributed by atoms with Crippen LogP contribution in [0.1, 0.15) is 78.9 Å². The van der Waals surface area contributed by atoms with Crippen molar-refractivity contribution in [1.29, 1.82) is 0 Å². The maximum Gasteiger partial charge on any atom is 0.416 e. The zero-order valence-electron chi connectivity index (χ0n) is 22.3. The lowest BCUT2D eigenvalue weighted by Gasteiger charge is -2.41. The first-order valence-corrected chi connectivity index (χ1v) is 13.7. The number of nitrogens with zero attached hydrogens (tertiary/aromatic N) is 2. The summed E-state index contributed by atoms with van der Waals surface area (Å²) in [7, 11) is 0. The summed E-state index contributed by atoms with van der Waals surface area (Å²) in [5, 5.41) is 9.33. The Labute approximate surface area is 226 Å². The summed E-state index contributed by atoms with van der Waals surface area (Å²) in [5.74, 6) is -0.173. The van der Waals surface area contributed by atoms with Gasteiger partial charge in [-0.05, 0) is 92.9 Å². The van der Waals surface area contributed by atoms with Crippen molar-refractivity contribution >= 4 is 11.9 Å². The molecular weight excluding hydrogens is 509 g/mol. The highest BCUT2D eigenvalue weighted by Crippen LogP contribution is 2.49. The fourth-order valence-electron chi connectivity index (χ4n) is 6.71. The molecule has 9 heteroatoms. The van der Waals surface area contributed by atoms with Gasteiger partial charge in [-0.2, -0.15) is 13.2 Å². The standard InChI is InChI=1S/C30H35F3N2O4/c1-19(2)29(28(38)35-17-23-15-24(30(31,32)33)6-7-26(23)39-18-35)11-8-25(16-29)34-12-9-20(10-13-34)21-4-3-5-22(14-21)27(36)37/h3-7,14-15,19-20,25H,8-13,16-18H2,1-2H3,(H,36,37)/t25-,29-/m0/s1. The van der Waals surface area contributed by atoms with Crippen LogP contribution in [-0.2, 0) is 17.5 Å². The van der Waals surface area contributed by atoms with E-state index in [1.165, 1.54) is 6.07 Å². The number of hydrogen-bond donors (Lipinski definition) is 1. The van der Waals surface area contributed by atoms with Gasteiger partial charge in [0.1, 0.15) is 5.75 Å². The van der Waals surface area contributed by atoms with Gasteiger partial charge in [-0.1, -0.05) is 26.0 Å². The number of alkyl halides is 3. The number of ether oxygens (including phenoxy) is 1. The van der Waals surface area contributed by atoms with E-state index >= 15 is 0 Å². The van der Waals surface area contributed by atoms with Crippen LogP contribution >= 0.6 is 0 Å². The van der Waals surface area contributed by atoms with Gasteiger partial charge in [-0.3, -0.25) is 4.79 Å². The number of carbonyl (C=O) groups is 2. The van der Waals surface area contributed by atoms with Crippen LogP contribution in [0.3, 0.4) is 0 Å². The van der Waals surface area contributed by atoms with Crippen molar-refractivity contribution in [2.24, 2.45) is 11.3 Å². The maximum atomic E-state index is 14.0. The third kappa shape index (κ3) is 5.38. The minimum Gasteiger partial charge on any atom is -0.478 e. The van der Waals surface area contributed by atoms with Crippen molar-refractivity contribution in [1.82, 2.24) is 9.80 Å². The number of hydrogen-bond acceptors (Lipinski definition) is 4. The molecule has 0 spiro atoms. The van der Waals surface area contributed by atoms with Gasteiger partial charge in [0, 0.05) is 11.6 Å². The fourth-order valence-corrected chi connectivity index (χ4v) is 6.71. The smallest absolute Gasteiger partial charge is 0.416 e. The number of likely N-dealkylation sites (tertiary alicyclic amines) is 1. The summed E-state index contributed by atoms with van der Waals surface area (Å²) < 4.78 is 45.5. The van der Waals surface area contributed by atoms with Crippen LogP contribution in [0.2, 0.25) is 0 Å². The van der Waals surface area contributed by atoms with Crippen LogP contribution in [0.15, 0.2) is 42.5 Å². The van der Waals surface area contributed by atoms with Gasteiger partial charge in [0.2, 0.25) is 5.91 Å². The molecular formula is C30H35F3N2O4. The van der Waals surface area contributed by atoms with Crippen LogP contribution < -0.4 is 4.74 Å². The number of benzene rings is 2. The topological polar surface area (TPSA) is 70.1 Å². The molecule has 2 heterocycles. The van der Waals surface area contributed by atoms with Crippen molar-refractivity contribution in [3.05, 3.63) is 64.7 Å². The molecule has 2 fully saturated rings. The van der Waals surface area contributed by atoms with Crippen molar-refractivity contribution in [2.45, 2.75) is 70.6 Å². The second-order valence-corrected chi connectivity index (χ2v) is 11.5. The highest BCUT2D eigenvalue weighted by molar-refractivity contribution is 5.87. The molecule has 2 aliphatic heterocycles. The highest BCUT2D eigenvalue weighted by Gasteiger charge is 2.51. The Morgan fingerprint density at radius 2 is 1.82 bits per heavy atom. The number of carbonyl (C=O) groups excluding carboxylic acids is 1.